The summed E-state index contributed by atoms with van der Waals surface area (Å²) in [5.74, 6) is 2.24. The summed E-state index contributed by atoms with van der Waals surface area (Å²) < 4.78 is 11.0. The molecule has 0 atom stereocenters. The van der Waals surface area contributed by atoms with Gasteiger partial charge < -0.3 is 14.8 Å². The number of nitrogens with one attached hydrogen (secondary N) is 1. The number of fused-ring (bicyclic) bond motifs is 1. The van der Waals surface area contributed by atoms with Crippen LogP contribution in [0.2, 0.25) is 10.0 Å². The van der Waals surface area contributed by atoms with Crippen LogP contribution in [0.5, 0.6) is 11.5 Å². The summed E-state index contributed by atoms with van der Waals surface area (Å²) in [6.07, 6.45) is 0. The zero-order valence-electron chi connectivity index (χ0n) is 12.7. The van der Waals surface area contributed by atoms with E-state index < -0.39 is 0 Å². The quantitative estimate of drug-likeness (QED) is 0.816. The maximum absolute atomic E-state index is 12.1. The number of hydrogen-bond donors (Lipinski definition) is 1. The Balaban J connectivity index is 1.50. The summed E-state index contributed by atoms with van der Waals surface area (Å²) in [6, 6.07) is 10.7. The SMILES string of the molecule is O=C(CSCc1ccc(Cl)cc1Cl)Nc1ccc2c(c1)OCCO2. The van der Waals surface area contributed by atoms with Crippen molar-refractivity contribution in [2.24, 2.45) is 0 Å². The van der Waals surface area contributed by atoms with Crippen LogP contribution in [0.3, 0.4) is 0 Å². The van der Waals surface area contributed by atoms with Gasteiger partial charge in [-0.05, 0) is 29.8 Å². The summed E-state index contributed by atoms with van der Waals surface area (Å²) in [7, 11) is 0. The van der Waals surface area contributed by atoms with Gasteiger partial charge in [0.15, 0.2) is 11.5 Å². The molecule has 0 saturated heterocycles. The Labute approximate surface area is 154 Å². The molecule has 0 spiro atoms. The molecular weight excluding hydrogens is 369 g/mol. The molecule has 1 amide bonds. The van der Waals surface area contributed by atoms with E-state index in [-0.39, 0.29) is 5.91 Å². The summed E-state index contributed by atoms with van der Waals surface area (Å²) in [5.41, 5.74) is 1.65. The van der Waals surface area contributed by atoms with Gasteiger partial charge in [0, 0.05) is 27.6 Å². The van der Waals surface area contributed by atoms with Crippen molar-refractivity contribution >= 4 is 46.6 Å². The smallest absolute Gasteiger partial charge is 0.234 e. The lowest BCUT2D eigenvalue weighted by Crippen LogP contribution is -2.17. The van der Waals surface area contributed by atoms with E-state index in [0.29, 0.717) is 52.0 Å². The highest BCUT2D eigenvalue weighted by molar-refractivity contribution is 7.99. The second kappa shape index (κ2) is 8.01. The number of carbonyl (C=O) groups is 1. The normalized spacial score (nSPS) is 12.8. The van der Waals surface area contributed by atoms with E-state index in [1.807, 2.05) is 6.07 Å². The second-order valence-electron chi connectivity index (χ2n) is 5.14. The molecule has 0 fully saturated rings. The van der Waals surface area contributed by atoms with Crippen molar-refractivity contribution in [3.05, 3.63) is 52.0 Å². The molecular formula is C17H15Cl2NO3S. The van der Waals surface area contributed by atoms with Crippen LogP contribution in [0.1, 0.15) is 5.56 Å². The van der Waals surface area contributed by atoms with Crippen molar-refractivity contribution in [3.63, 3.8) is 0 Å². The van der Waals surface area contributed by atoms with Gasteiger partial charge >= 0.3 is 0 Å². The molecule has 24 heavy (non-hydrogen) atoms. The van der Waals surface area contributed by atoms with Crippen molar-refractivity contribution in [2.75, 3.05) is 24.3 Å². The van der Waals surface area contributed by atoms with Crippen molar-refractivity contribution in [2.45, 2.75) is 5.75 Å². The van der Waals surface area contributed by atoms with Crippen LogP contribution in [0.15, 0.2) is 36.4 Å². The lowest BCUT2D eigenvalue weighted by molar-refractivity contribution is -0.113. The highest BCUT2D eigenvalue weighted by Crippen LogP contribution is 2.32. The largest absolute Gasteiger partial charge is 0.486 e. The Bertz CT molecular complexity index is 755. The predicted molar refractivity (Wildman–Crippen MR) is 98.7 cm³/mol. The Morgan fingerprint density at radius 1 is 1.08 bits per heavy atom. The molecule has 4 nitrogen and oxygen atoms in total. The number of amides is 1. The molecule has 1 aliphatic heterocycles. The maximum atomic E-state index is 12.1. The first kappa shape index (κ1) is 17.3. The standard InChI is InChI=1S/C17H15Cl2NO3S/c18-12-2-1-11(14(19)7-12)9-24-10-17(21)20-13-3-4-15-16(8-13)23-6-5-22-15/h1-4,7-8H,5-6,9-10H2,(H,20,21). The van der Waals surface area contributed by atoms with E-state index >= 15 is 0 Å². The third kappa shape index (κ3) is 4.50. The number of anilines is 1. The fourth-order valence-electron chi connectivity index (χ4n) is 2.21. The number of thioether (sulfide) groups is 1. The Morgan fingerprint density at radius 2 is 1.88 bits per heavy atom. The van der Waals surface area contributed by atoms with Crippen LogP contribution in [0, 0.1) is 0 Å². The summed E-state index contributed by atoms with van der Waals surface area (Å²) in [4.78, 5) is 12.1. The van der Waals surface area contributed by atoms with Crippen LogP contribution < -0.4 is 14.8 Å². The molecule has 1 N–H and O–H groups in total. The minimum Gasteiger partial charge on any atom is -0.486 e. The molecule has 1 heterocycles. The molecule has 126 valence electrons. The third-order valence-electron chi connectivity index (χ3n) is 3.33. The number of carbonyl (C=O) groups excluding carboxylic acids is 1. The first-order valence-corrected chi connectivity index (χ1v) is 9.24. The Morgan fingerprint density at radius 3 is 2.67 bits per heavy atom. The number of hydrogen-bond acceptors (Lipinski definition) is 4. The minimum atomic E-state index is -0.0817. The molecule has 0 saturated carbocycles. The van der Waals surface area contributed by atoms with Gasteiger partial charge in [0.1, 0.15) is 13.2 Å². The highest BCUT2D eigenvalue weighted by atomic mass is 35.5. The van der Waals surface area contributed by atoms with Crippen LogP contribution >= 0.6 is 35.0 Å². The zero-order valence-corrected chi connectivity index (χ0v) is 15.0. The number of benzene rings is 2. The zero-order chi connectivity index (χ0) is 16.9. The first-order valence-electron chi connectivity index (χ1n) is 7.33. The molecule has 0 bridgehead atoms. The van der Waals surface area contributed by atoms with Gasteiger partial charge in [-0.15, -0.1) is 11.8 Å². The van der Waals surface area contributed by atoms with Crippen LogP contribution in [0.4, 0.5) is 5.69 Å². The average Bonchev–Trinajstić information content (AvgIpc) is 2.57. The first-order chi connectivity index (χ1) is 11.6. The van der Waals surface area contributed by atoms with Crippen LogP contribution in [-0.4, -0.2) is 24.9 Å². The van der Waals surface area contributed by atoms with Crippen molar-refractivity contribution < 1.29 is 14.3 Å². The summed E-state index contributed by atoms with van der Waals surface area (Å²) in [6.45, 7) is 1.06. The summed E-state index contributed by atoms with van der Waals surface area (Å²) in [5, 5.41) is 4.07. The van der Waals surface area contributed by atoms with Gasteiger partial charge in [-0.2, -0.15) is 0 Å². The third-order valence-corrected chi connectivity index (χ3v) is 4.90. The van der Waals surface area contributed by atoms with Gasteiger partial charge in [0.2, 0.25) is 5.91 Å². The van der Waals surface area contributed by atoms with E-state index in [2.05, 4.69) is 5.32 Å². The van der Waals surface area contributed by atoms with Crippen molar-refractivity contribution in [1.82, 2.24) is 0 Å². The topological polar surface area (TPSA) is 47.6 Å². The lowest BCUT2D eigenvalue weighted by Gasteiger charge is -2.19. The molecule has 0 aromatic heterocycles. The van der Waals surface area contributed by atoms with Gasteiger partial charge in [-0.3, -0.25) is 4.79 Å². The summed E-state index contributed by atoms with van der Waals surface area (Å²) >= 11 is 13.5. The van der Waals surface area contributed by atoms with E-state index in [9.17, 15) is 4.79 Å². The lowest BCUT2D eigenvalue weighted by atomic mass is 10.2. The Hall–Kier alpha value is -1.56. The molecule has 2 aromatic carbocycles. The highest BCUT2D eigenvalue weighted by Gasteiger charge is 2.13. The maximum Gasteiger partial charge on any atom is 0.234 e. The molecule has 0 radical (unpaired) electrons. The Kier molecular flexibility index (Phi) is 5.76. The van der Waals surface area contributed by atoms with Crippen molar-refractivity contribution in [3.8, 4) is 11.5 Å². The molecule has 1 aliphatic rings. The molecule has 3 rings (SSSR count). The second-order valence-corrected chi connectivity index (χ2v) is 6.96. The van der Waals surface area contributed by atoms with E-state index in [0.717, 1.165) is 5.56 Å². The van der Waals surface area contributed by atoms with Gasteiger partial charge in [-0.1, -0.05) is 29.3 Å². The molecule has 0 unspecified atom stereocenters. The van der Waals surface area contributed by atoms with Gasteiger partial charge in [0.25, 0.3) is 0 Å². The predicted octanol–water partition coefficient (Wildman–Crippen LogP) is 4.64. The van der Waals surface area contributed by atoms with E-state index in [1.54, 1.807) is 30.3 Å². The fourth-order valence-corrected chi connectivity index (χ4v) is 3.60. The molecule has 7 heteroatoms. The number of halogens is 2. The fraction of sp³-hybridized carbons (Fsp3) is 0.235. The minimum absolute atomic E-state index is 0.0817. The number of ether oxygens (including phenoxy) is 2. The molecule has 2 aromatic rings. The monoisotopic (exact) mass is 383 g/mol. The number of rotatable bonds is 5. The van der Waals surface area contributed by atoms with Crippen molar-refractivity contribution in [1.29, 1.82) is 0 Å². The van der Waals surface area contributed by atoms with Crippen LogP contribution in [-0.2, 0) is 10.5 Å². The van der Waals surface area contributed by atoms with Gasteiger partial charge in [-0.25, -0.2) is 0 Å². The van der Waals surface area contributed by atoms with Crippen LogP contribution in [0.25, 0.3) is 0 Å². The van der Waals surface area contributed by atoms with E-state index in [4.69, 9.17) is 32.7 Å². The average molecular weight is 384 g/mol. The molecule has 0 aliphatic carbocycles. The van der Waals surface area contributed by atoms with E-state index in [1.165, 1.54) is 11.8 Å². The van der Waals surface area contributed by atoms with Gasteiger partial charge in [0.05, 0.1) is 5.75 Å².